The fourth-order valence-electron chi connectivity index (χ4n) is 3.06. The SMILES string of the molecule is CN(C)c1cccc(NC(=O)C2(c3ccc(F)cc3)CCC2)c1. The summed E-state index contributed by atoms with van der Waals surface area (Å²) < 4.78 is 13.2. The summed E-state index contributed by atoms with van der Waals surface area (Å²) in [5.74, 6) is -0.284. The Bertz CT molecular complexity index is 706. The van der Waals surface area contributed by atoms with Crippen LogP contribution in [0.2, 0.25) is 0 Å². The first-order valence-corrected chi connectivity index (χ1v) is 7.86. The van der Waals surface area contributed by atoms with E-state index in [0.29, 0.717) is 0 Å². The maximum Gasteiger partial charge on any atom is 0.235 e. The zero-order valence-electron chi connectivity index (χ0n) is 13.5. The van der Waals surface area contributed by atoms with E-state index in [0.717, 1.165) is 36.2 Å². The zero-order valence-corrected chi connectivity index (χ0v) is 13.5. The average molecular weight is 312 g/mol. The second-order valence-corrected chi connectivity index (χ2v) is 6.34. The number of hydrogen-bond acceptors (Lipinski definition) is 2. The highest BCUT2D eigenvalue weighted by atomic mass is 19.1. The second kappa shape index (κ2) is 6.03. The van der Waals surface area contributed by atoms with E-state index in [1.165, 1.54) is 12.1 Å². The summed E-state index contributed by atoms with van der Waals surface area (Å²) in [7, 11) is 3.93. The van der Waals surface area contributed by atoms with Crippen LogP contribution in [-0.2, 0) is 10.2 Å². The molecule has 0 atom stereocenters. The Morgan fingerprint density at radius 3 is 2.39 bits per heavy atom. The highest BCUT2D eigenvalue weighted by Crippen LogP contribution is 2.44. The highest BCUT2D eigenvalue weighted by Gasteiger charge is 2.45. The summed E-state index contributed by atoms with van der Waals surface area (Å²) in [6, 6.07) is 14.1. The molecule has 1 saturated carbocycles. The lowest BCUT2D eigenvalue weighted by atomic mass is 9.64. The van der Waals surface area contributed by atoms with Crippen LogP contribution in [0.5, 0.6) is 0 Å². The number of nitrogens with zero attached hydrogens (tertiary/aromatic N) is 1. The Morgan fingerprint density at radius 2 is 1.83 bits per heavy atom. The zero-order chi connectivity index (χ0) is 16.4. The van der Waals surface area contributed by atoms with Gasteiger partial charge in [0.25, 0.3) is 0 Å². The minimum absolute atomic E-state index is 0.00809. The van der Waals surface area contributed by atoms with E-state index in [2.05, 4.69) is 5.32 Å². The first-order valence-electron chi connectivity index (χ1n) is 7.86. The van der Waals surface area contributed by atoms with Crippen molar-refractivity contribution in [1.29, 1.82) is 0 Å². The topological polar surface area (TPSA) is 32.3 Å². The molecule has 0 radical (unpaired) electrons. The minimum Gasteiger partial charge on any atom is -0.378 e. The third-order valence-corrected chi connectivity index (χ3v) is 4.66. The molecule has 0 aromatic heterocycles. The molecule has 0 spiro atoms. The van der Waals surface area contributed by atoms with Gasteiger partial charge in [0.1, 0.15) is 5.82 Å². The van der Waals surface area contributed by atoms with Gasteiger partial charge in [0.15, 0.2) is 0 Å². The highest BCUT2D eigenvalue weighted by molar-refractivity contribution is 6.00. The fraction of sp³-hybridized carbons (Fsp3) is 0.316. The number of nitrogens with one attached hydrogen (secondary N) is 1. The van der Waals surface area contributed by atoms with Crippen molar-refractivity contribution in [3.8, 4) is 0 Å². The van der Waals surface area contributed by atoms with Gasteiger partial charge < -0.3 is 10.2 Å². The van der Waals surface area contributed by atoms with Crippen molar-refractivity contribution in [2.75, 3.05) is 24.3 Å². The van der Waals surface area contributed by atoms with E-state index in [4.69, 9.17) is 0 Å². The second-order valence-electron chi connectivity index (χ2n) is 6.34. The fourth-order valence-corrected chi connectivity index (χ4v) is 3.06. The third kappa shape index (κ3) is 2.93. The van der Waals surface area contributed by atoms with Gasteiger partial charge in [0.2, 0.25) is 5.91 Å². The van der Waals surface area contributed by atoms with Gasteiger partial charge in [-0.05, 0) is 48.7 Å². The summed E-state index contributed by atoms with van der Waals surface area (Å²) in [6.45, 7) is 0. The summed E-state index contributed by atoms with van der Waals surface area (Å²) in [6.07, 6.45) is 2.62. The van der Waals surface area contributed by atoms with Crippen molar-refractivity contribution in [1.82, 2.24) is 0 Å². The largest absolute Gasteiger partial charge is 0.378 e. The predicted molar refractivity (Wildman–Crippen MR) is 91.3 cm³/mol. The number of anilines is 2. The van der Waals surface area contributed by atoms with Gasteiger partial charge in [0, 0.05) is 25.5 Å². The maximum atomic E-state index is 13.2. The van der Waals surface area contributed by atoms with Crippen LogP contribution in [0.1, 0.15) is 24.8 Å². The molecule has 1 N–H and O–H groups in total. The standard InChI is InChI=1S/C19H21FN2O/c1-22(2)17-6-3-5-16(13-17)21-18(23)19(11-4-12-19)14-7-9-15(20)10-8-14/h3,5-10,13H,4,11-12H2,1-2H3,(H,21,23). The van der Waals surface area contributed by atoms with Gasteiger partial charge in [-0.25, -0.2) is 4.39 Å². The Kier molecular flexibility index (Phi) is 4.07. The monoisotopic (exact) mass is 312 g/mol. The molecule has 2 aromatic rings. The smallest absolute Gasteiger partial charge is 0.235 e. The molecular weight excluding hydrogens is 291 g/mol. The van der Waals surface area contributed by atoms with Gasteiger partial charge >= 0.3 is 0 Å². The van der Waals surface area contributed by atoms with Crippen molar-refractivity contribution in [3.63, 3.8) is 0 Å². The third-order valence-electron chi connectivity index (χ3n) is 4.66. The Hall–Kier alpha value is -2.36. The van der Waals surface area contributed by atoms with Gasteiger partial charge in [0.05, 0.1) is 5.41 Å². The van der Waals surface area contributed by atoms with Crippen LogP contribution in [0.3, 0.4) is 0 Å². The lowest BCUT2D eigenvalue weighted by Gasteiger charge is -2.40. The number of halogens is 1. The van der Waals surface area contributed by atoms with Crippen LogP contribution in [0.25, 0.3) is 0 Å². The molecule has 120 valence electrons. The van der Waals surface area contributed by atoms with E-state index in [1.54, 1.807) is 12.1 Å². The normalized spacial score (nSPS) is 15.6. The Balaban J connectivity index is 1.83. The molecule has 0 aliphatic heterocycles. The molecule has 1 aliphatic rings. The molecule has 3 rings (SSSR count). The molecule has 1 fully saturated rings. The van der Waals surface area contributed by atoms with Crippen LogP contribution in [0, 0.1) is 5.82 Å². The molecule has 0 bridgehead atoms. The van der Waals surface area contributed by atoms with Crippen molar-refractivity contribution in [3.05, 3.63) is 59.9 Å². The number of carbonyl (C=O) groups excluding carboxylic acids is 1. The first kappa shape index (κ1) is 15.5. The van der Waals surface area contributed by atoms with Crippen LogP contribution >= 0.6 is 0 Å². The lowest BCUT2D eigenvalue weighted by Crippen LogP contribution is -2.46. The number of hydrogen-bond donors (Lipinski definition) is 1. The van der Waals surface area contributed by atoms with E-state index < -0.39 is 5.41 Å². The van der Waals surface area contributed by atoms with Gasteiger partial charge in [-0.15, -0.1) is 0 Å². The molecule has 0 saturated heterocycles. The van der Waals surface area contributed by atoms with Crippen LogP contribution in [-0.4, -0.2) is 20.0 Å². The van der Waals surface area contributed by atoms with Crippen molar-refractivity contribution in [2.45, 2.75) is 24.7 Å². The van der Waals surface area contributed by atoms with Crippen LogP contribution in [0.4, 0.5) is 15.8 Å². The predicted octanol–water partition coefficient (Wildman–Crippen LogP) is 3.95. The van der Waals surface area contributed by atoms with Crippen molar-refractivity contribution >= 4 is 17.3 Å². The summed E-state index contributed by atoms with van der Waals surface area (Å²) in [5, 5.41) is 3.03. The van der Waals surface area contributed by atoms with Crippen molar-refractivity contribution < 1.29 is 9.18 Å². The average Bonchev–Trinajstić information content (AvgIpc) is 2.48. The van der Waals surface area contributed by atoms with Gasteiger partial charge in [-0.1, -0.05) is 24.6 Å². The molecule has 0 heterocycles. The number of rotatable bonds is 4. The summed E-state index contributed by atoms with van der Waals surface area (Å²) in [4.78, 5) is 14.9. The molecule has 4 heteroatoms. The molecule has 1 amide bonds. The lowest BCUT2D eigenvalue weighted by molar-refractivity contribution is -0.124. The quantitative estimate of drug-likeness (QED) is 0.927. The number of carbonyl (C=O) groups is 1. The van der Waals surface area contributed by atoms with Gasteiger partial charge in [-0.3, -0.25) is 4.79 Å². The van der Waals surface area contributed by atoms with E-state index in [-0.39, 0.29) is 11.7 Å². The van der Waals surface area contributed by atoms with Crippen LogP contribution in [0.15, 0.2) is 48.5 Å². The van der Waals surface area contributed by atoms with Gasteiger partial charge in [-0.2, -0.15) is 0 Å². The Morgan fingerprint density at radius 1 is 1.13 bits per heavy atom. The Labute approximate surface area is 136 Å². The van der Waals surface area contributed by atoms with Crippen LogP contribution < -0.4 is 10.2 Å². The first-order chi connectivity index (χ1) is 11.0. The number of amides is 1. The molecular formula is C19H21FN2O. The van der Waals surface area contributed by atoms with E-state index >= 15 is 0 Å². The van der Waals surface area contributed by atoms with E-state index in [1.807, 2.05) is 43.3 Å². The molecule has 0 unspecified atom stereocenters. The summed E-state index contributed by atoms with van der Waals surface area (Å²) in [5.41, 5.74) is 2.19. The maximum absolute atomic E-state index is 13.2. The molecule has 1 aliphatic carbocycles. The minimum atomic E-state index is -0.526. The van der Waals surface area contributed by atoms with E-state index in [9.17, 15) is 9.18 Å². The molecule has 2 aromatic carbocycles. The number of benzene rings is 2. The molecule has 23 heavy (non-hydrogen) atoms. The summed E-state index contributed by atoms with van der Waals surface area (Å²) >= 11 is 0. The van der Waals surface area contributed by atoms with Crippen molar-refractivity contribution in [2.24, 2.45) is 0 Å². The molecule has 3 nitrogen and oxygen atoms in total.